The third-order valence-corrected chi connectivity index (χ3v) is 3.51. The fraction of sp³-hybridized carbons (Fsp3) is 0.900. The highest BCUT2D eigenvalue weighted by Crippen LogP contribution is 2.14. The molecule has 0 radical (unpaired) electrons. The smallest absolute Gasteiger partial charge is 0.220 e. The van der Waals surface area contributed by atoms with Gasteiger partial charge in [0.15, 0.2) is 0 Å². The Labute approximate surface area is 84.9 Å². The van der Waals surface area contributed by atoms with Crippen LogP contribution in [0.3, 0.4) is 0 Å². The first-order valence-corrected chi connectivity index (χ1v) is 6.35. The van der Waals surface area contributed by atoms with Crippen molar-refractivity contribution in [1.82, 2.24) is 5.32 Å². The normalized spacial score (nSPS) is 21.9. The average molecular weight is 201 g/mol. The third kappa shape index (κ3) is 4.55. The molecule has 1 amide bonds. The number of carbonyl (C=O) groups is 1. The molecule has 0 saturated carbocycles. The molecule has 1 fully saturated rings. The van der Waals surface area contributed by atoms with E-state index in [1.807, 2.05) is 11.8 Å². The van der Waals surface area contributed by atoms with Gasteiger partial charge in [0.05, 0.1) is 0 Å². The van der Waals surface area contributed by atoms with E-state index in [9.17, 15) is 4.79 Å². The van der Waals surface area contributed by atoms with E-state index in [0.29, 0.717) is 6.04 Å². The van der Waals surface area contributed by atoms with Crippen LogP contribution in [0.15, 0.2) is 0 Å². The number of rotatable bonds is 6. The molecule has 1 aliphatic rings. The first-order chi connectivity index (χ1) is 6.33. The minimum atomic E-state index is 0.235. The van der Waals surface area contributed by atoms with Gasteiger partial charge >= 0.3 is 0 Å². The fourth-order valence-corrected chi connectivity index (χ4v) is 2.59. The Bertz CT molecular complexity index is 161. The lowest BCUT2D eigenvalue weighted by Crippen LogP contribution is -2.27. The molecule has 0 aromatic carbocycles. The average Bonchev–Trinajstić information content (AvgIpc) is 2.51. The minimum Gasteiger partial charge on any atom is -0.353 e. The molecule has 1 N–H and O–H groups in total. The van der Waals surface area contributed by atoms with E-state index >= 15 is 0 Å². The Kier molecular flexibility index (Phi) is 5.28. The van der Waals surface area contributed by atoms with Crippen LogP contribution in [0.2, 0.25) is 0 Å². The zero-order valence-corrected chi connectivity index (χ0v) is 9.16. The molecule has 1 saturated heterocycles. The summed E-state index contributed by atoms with van der Waals surface area (Å²) in [4.78, 5) is 10.9. The minimum absolute atomic E-state index is 0.235. The maximum absolute atomic E-state index is 10.9. The number of hydrogen-bond donors (Lipinski definition) is 1. The molecule has 1 rings (SSSR count). The molecule has 1 atom stereocenters. The molecule has 3 heteroatoms. The van der Waals surface area contributed by atoms with Gasteiger partial charge in [0.25, 0.3) is 0 Å². The van der Waals surface area contributed by atoms with Crippen molar-refractivity contribution >= 4 is 17.7 Å². The van der Waals surface area contributed by atoms with Crippen LogP contribution in [-0.4, -0.2) is 23.5 Å². The maximum Gasteiger partial charge on any atom is 0.220 e. The number of thioether (sulfide) groups is 1. The standard InChI is InChI=1S/C10H19NOS/c1-2-3-4-7-13-8-9-5-6-10(12)11-9/h9H,2-8H2,1H3,(H,11,12)/t9-/m0/s1. The summed E-state index contributed by atoms with van der Waals surface area (Å²) in [6.45, 7) is 2.22. The Balaban J connectivity index is 1.91. The first kappa shape index (κ1) is 10.9. The Morgan fingerprint density at radius 1 is 1.54 bits per heavy atom. The second-order valence-electron chi connectivity index (χ2n) is 3.59. The maximum atomic E-state index is 10.9. The van der Waals surface area contributed by atoms with E-state index < -0.39 is 0 Å². The fourth-order valence-electron chi connectivity index (χ4n) is 1.48. The lowest BCUT2D eigenvalue weighted by Gasteiger charge is -2.08. The van der Waals surface area contributed by atoms with Gasteiger partial charge in [-0.25, -0.2) is 0 Å². The third-order valence-electron chi connectivity index (χ3n) is 2.30. The summed E-state index contributed by atoms with van der Waals surface area (Å²) in [5.74, 6) is 2.59. The Hall–Kier alpha value is -0.180. The monoisotopic (exact) mass is 201 g/mol. The largest absolute Gasteiger partial charge is 0.353 e. The van der Waals surface area contributed by atoms with Gasteiger partial charge in [-0.1, -0.05) is 19.8 Å². The topological polar surface area (TPSA) is 29.1 Å². The summed E-state index contributed by atoms with van der Waals surface area (Å²) in [5, 5.41) is 2.98. The van der Waals surface area contributed by atoms with Crippen molar-refractivity contribution in [2.45, 2.75) is 45.1 Å². The van der Waals surface area contributed by atoms with Crippen molar-refractivity contribution in [1.29, 1.82) is 0 Å². The molecule has 76 valence electrons. The van der Waals surface area contributed by atoms with Crippen LogP contribution >= 0.6 is 11.8 Å². The highest BCUT2D eigenvalue weighted by atomic mass is 32.2. The number of amides is 1. The highest BCUT2D eigenvalue weighted by molar-refractivity contribution is 7.99. The van der Waals surface area contributed by atoms with Crippen molar-refractivity contribution in [2.75, 3.05) is 11.5 Å². The summed E-state index contributed by atoms with van der Waals surface area (Å²) in [6, 6.07) is 0.458. The first-order valence-electron chi connectivity index (χ1n) is 5.20. The van der Waals surface area contributed by atoms with Crippen molar-refractivity contribution in [3.8, 4) is 0 Å². The summed E-state index contributed by atoms with van der Waals surface area (Å²) in [6.07, 6.45) is 5.73. The second-order valence-corrected chi connectivity index (χ2v) is 4.73. The number of carbonyl (C=O) groups excluding carboxylic acids is 1. The lowest BCUT2D eigenvalue weighted by atomic mass is 10.2. The van der Waals surface area contributed by atoms with Crippen LogP contribution in [0.1, 0.15) is 39.0 Å². The van der Waals surface area contributed by atoms with E-state index in [4.69, 9.17) is 0 Å². The zero-order valence-electron chi connectivity index (χ0n) is 8.34. The summed E-state index contributed by atoms with van der Waals surface area (Å²) < 4.78 is 0. The van der Waals surface area contributed by atoms with Gasteiger partial charge in [0.2, 0.25) is 5.91 Å². The molecule has 13 heavy (non-hydrogen) atoms. The molecule has 0 unspecified atom stereocenters. The zero-order chi connectivity index (χ0) is 9.52. The molecule has 0 aromatic rings. The van der Waals surface area contributed by atoms with E-state index in [1.165, 1.54) is 25.0 Å². The summed E-state index contributed by atoms with van der Waals surface area (Å²) in [7, 11) is 0. The van der Waals surface area contributed by atoms with Crippen LogP contribution in [0, 0.1) is 0 Å². The number of unbranched alkanes of at least 4 members (excludes halogenated alkanes) is 2. The SMILES string of the molecule is CCCCCSC[C@@H]1CCC(=O)N1. The van der Waals surface area contributed by atoms with Gasteiger partial charge in [0, 0.05) is 18.2 Å². The van der Waals surface area contributed by atoms with Crippen LogP contribution in [-0.2, 0) is 4.79 Å². The van der Waals surface area contributed by atoms with Gasteiger partial charge in [-0.2, -0.15) is 11.8 Å². The molecule has 1 aliphatic heterocycles. The van der Waals surface area contributed by atoms with Gasteiger partial charge in [-0.3, -0.25) is 4.79 Å². The van der Waals surface area contributed by atoms with Crippen molar-refractivity contribution in [3.63, 3.8) is 0 Å². The molecule has 0 spiro atoms. The molecular weight excluding hydrogens is 182 g/mol. The highest BCUT2D eigenvalue weighted by Gasteiger charge is 2.19. The van der Waals surface area contributed by atoms with Gasteiger partial charge in [0.1, 0.15) is 0 Å². The van der Waals surface area contributed by atoms with E-state index in [-0.39, 0.29) is 5.91 Å². The van der Waals surface area contributed by atoms with Crippen LogP contribution < -0.4 is 5.32 Å². The van der Waals surface area contributed by atoms with Gasteiger partial charge in [-0.05, 0) is 18.6 Å². The van der Waals surface area contributed by atoms with E-state index in [1.54, 1.807) is 0 Å². The molecule has 0 aromatic heterocycles. The summed E-state index contributed by atoms with van der Waals surface area (Å²) in [5.41, 5.74) is 0. The van der Waals surface area contributed by atoms with Crippen LogP contribution in [0.5, 0.6) is 0 Å². The number of nitrogens with one attached hydrogen (secondary N) is 1. The molecule has 0 aliphatic carbocycles. The molecule has 0 bridgehead atoms. The Morgan fingerprint density at radius 3 is 3.00 bits per heavy atom. The van der Waals surface area contributed by atoms with Crippen molar-refractivity contribution in [3.05, 3.63) is 0 Å². The lowest BCUT2D eigenvalue weighted by molar-refractivity contribution is -0.119. The molecule has 1 heterocycles. The van der Waals surface area contributed by atoms with Crippen LogP contribution in [0.4, 0.5) is 0 Å². The van der Waals surface area contributed by atoms with Crippen molar-refractivity contribution < 1.29 is 4.79 Å². The number of hydrogen-bond acceptors (Lipinski definition) is 2. The van der Waals surface area contributed by atoms with Crippen molar-refractivity contribution in [2.24, 2.45) is 0 Å². The van der Waals surface area contributed by atoms with Crippen LogP contribution in [0.25, 0.3) is 0 Å². The summed E-state index contributed by atoms with van der Waals surface area (Å²) >= 11 is 1.98. The molecular formula is C10H19NOS. The predicted octanol–water partition coefficient (Wildman–Crippen LogP) is 2.19. The Morgan fingerprint density at radius 2 is 2.38 bits per heavy atom. The van der Waals surface area contributed by atoms with E-state index in [0.717, 1.165) is 18.6 Å². The predicted molar refractivity (Wildman–Crippen MR) is 58.0 cm³/mol. The van der Waals surface area contributed by atoms with Gasteiger partial charge < -0.3 is 5.32 Å². The second kappa shape index (κ2) is 6.30. The quantitative estimate of drug-likeness (QED) is 0.667. The molecule has 2 nitrogen and oxygen atoms in total. The van der Waals surface area contributed by atoms with Gasteiger partial charge in [-0.15, -0.1) is 0 Å². The van der Waals surface area contributed by atoms with E-state index in [2.05, 4.69) is 12.2 Å².